The summed E-state index contributed by atoms with van der Waals surface area (Å²) in [4.78, 5) is 30.6. The van der Waals surface area contributed by atoms with E-state index in [4.69, 9.17) is 4.98 Å². The SMILES string of the molecule is COC(=O)CN(C)C(=O)c1ccc2c(c1)nc(Nc1ccc(OC(F)(F)F)cc1)n2[C@H]1CC(C)C[C@@H](C)C1. The van der Waals surface area contributed by atoms with Crippen LogP contribution in [0.3, 0.4) is 0 Å². The number of nitrogens with zero attached hydrogens (tertiary/aromatic N) is 3. The van der Waals surface area contributed by atoms with Crippen molar-refractivity contribution in [3.63, 3.8) is 0 Å². The van der Waals surface area contributed by atoms with E-state index in [-0.39, 0.29) is 24.2 Å². The molecule has 1 aromatic heterocycles. The average molecular weight is 533 g/mol. The first kappa shape index (κ1) is 27.3. The van der Waals surface area contributed by atoms with Crippen molar-refractivity contribution < 1.29 is 32.2 Å². The predicted molar refractivity (Wildman–Crippen MR) is 136 cm³/mol. The lowest BCUT2D eigenvalue weighted by Crippen LogP contribution is -2.32. The first-order chi connectivity index (χ1) is 17.9. The number of carbonyl (C=O) groups is 2. The molecule has 4 rings (SSSR count). The molecule has 1 fully saturated rings. The smallest absolute Gasteiger partial charge is 0.468 e. The molecule has 1 aliphatic carbocycles. The number of esters is 1. The Kier molecular flexibility index (Phi) is 7.84. The van der Waals surface area contributed by atoms with Gasteiger partial charge in [-0.15, -0.1) is 13.2 Å². The molecule has 38 heavy (non-hydrogen) atoms. The minimum atomic E-state index is -4.77. The van der Waals surface area contributed by atoms with Crippen molar-refractivity contribution in [1.29, 1.82) is 0 Å². The molecular formula is C27H31F3N4O4. The van der Waals surface area contributed by atoms with Gasteiger partial charge in [0, 0.05) is 24.3 Å². The third-order valence-corrected chi connectivity index (χ3v) is 6.74. The lowest BCUT2D eigenvalue weighted by Gasteiger charge is -2.33. The molecule has 11 heteroatoms. The summed E-state index contributed by atoms with van der Waals surface area (Å²) in [5.74, 6) is 0.377. The number of carbonyl (C=O) groups excluding carboxylic acids is 2. The van der Waals surface area contributed by atoms with Crippen LogP contribution in [0.5, 0.6) is 5.75 Å². The summed E-state index contributed by atoms with van der Waals surface area (Å²) in [6.45, 7) is 4.27. The highest BCUT2D eigenvalue weighted by atomic mass is 19.4. The van der Waals surface area contributed by atoms with Crippen LogP contribution in [0.2, 0.25) is 0 Å². The Morgan fingerprint density at radius 2 is 1.74 bits per heavy atom. The lowest BCUT2D eigenvalue weighted by atomic mass is 9.80. The number of likely N-dealkylation sites (N-methyl/N-ethyl adjacent to an activating group) is 1. The Balaban J connectivity index is 1.69. The van der Waals surface area contributed by atoms with Crippen LogP contribution in [0.25, 0.3) is 11.0 Å². The van der Waals surface area contributed by atoms with Gasteiger partial charge in [-0.3, -0.25) is 9.59 Å². The van der Waals surface area contributed by atoms with E-state index < -0.39 is 12.3 Å². The van der Waals surface area contributed by atoms with Crippen LogP contribution in [-0.4, -0.2) is 53.4 Å². The fourth-order valence-electron chi connectivity index (χ4n) is 5.22. The highest BCUT2D eigenvalue weighted by molar-refractivity contribution is 5.99. The van der Waals surface area contributed by atoms with Crippen LogP contribution < -0.4 is 10.1 Å². The summed E-state index contributed by atoms with van der Waals surface area (Å²) < 4.78 is 48.4. The number of nitrogens with one attached hydrogen (secondary N) is 1. The van der Waals surface area contributed by atoms with Gasteiger partial charge in [-0.05, 0) is 73.6 Å². The third-order valence-electron chi connectivity index (χ3n) is 6.74. The van der Waals surface area contributed by atoms with Crippen LogP contribution in [0, 0.1) is 11.8 Å². The molecule has 8 nitrogen and oxygen atoms in total. The number of benzene rings is 2. The van der Waals surface area contributed by atoms with E-state index in [1.54, 1.807) is 12.1 Å². The summed E-state index contributed by atoms with van der Waals surface area (Å²) in [5.41, 5.74) is 2.34. The molecule has 3 atom stereocenters. The van der Waals surface area contributed by atoms with Crippen LogP contribution >= 0.6 is 0 Å². The maximum absolute atomic E-state index is 12.9. The van der Waals surface area contributed by atoms with E-state index in [1.807, 2.05) is 6.07 Å². The second-order valence-corrected chi connectivity index (χ2v) is 10.0. The normalized spacial score (nSPS) is 19.7. The number of alkyl halides is 3. The Labute approximate surface area is 218 Å². The summed E-state index contributed by atoms with van der Waals surface area (Å²) in [5, 5.41) is 3.24. The van der Waals surface area contributed by atoms with Crippen molar-refractivity contribution in [2.24, 2.45) is 11.8 Å². The van der Waals surface area contributed by atoms with E-state index >= 15 is 0 Å². The Bertz CT molecular complexity index is 1300. The molecule has 0 aliphatic heterocycles. The van der Waals surface area contributed by atoms with Gasteiger partial charge in [0.25, 0.3) is 5.91 Å². The second-order valence-electron chi connectivity index (χ2n) is 10.0. The van der Waals surface area contributed by atoms with E-state index in [2.05, 4.69) is 33.2 Å². The number of hydrogen-bond donors (Lipinski definition) is 1. The highest BCUT2D eigenvalue weighted by Gasteiger charge is 2.31. The van der Waals surface area contributed by atoms with Crippen LogP contribution in [0.4, 0.5) is 24.8 Å². The summed E-state index contributed by atoms with van der Waals surface area (Å²) in [7, 11) is 2.78. The number of anilines is 2. The molecule has 1 unspecified atom stereocenters. The minimum Gasteiger partial charge on any atom is -0.468 e. The standard InChI is InChI=1S/C27H31F3N4O4/c1-16-11-17(2)13-20(12-16)34-23-10-5-18(25(36)33(3)15-24(35)37-4)14-22(23)32-26(34)31-19-6-8-21(9-7-19)38-27(28,29)30/h5-10,14,16-17,20H,11-13,15H2,1-4H3,(H,31,32)/t16-,17?,20-/m1/s1. The summed E-state index contributed by atoms with van der Waals surface area (Å²) in [6.07, 6.45) is -1.73. The summed E-state index contributed by atoms with van der Waals surface area (Å²) in [6, 6.07) is 10.8. The van der Waals surface area contributed by atoms with Gasteiger partial charge in [-0.25, -0.2) is 4.98 Å². The Morgan fingerprint density at radius 1 is 1.08 bits per heavy atom. The van der Waals surface area contributed by atoms with Gasteiger partial charge in [0.15, 0.2) is 0 Å². The van der Waals surface area contributed by atoms with Gasteiger partial charge in [0.05, 0.1) is 18.1 Å². The number of methoxy groups -OCH3 is 1. The van der Waals surface area contributed by atoms with Crippen LogP contribution in [-0.2, 0) is 9.53 Å². The van der Waals surface area contributed by atoms with Crippen molar-refractivity contribution in [2.75, 3.05) is 26.0 Å². The average Bonchev–Trinajstić information content (AvgIpc) is 3.20. The molecule has 3 aromatic rings. The third kappa shape index (κ3) is 6.38. The molecular weight excluding hydrogens is 501 g/mol. The number of halogens is 3. The predicted octanol–water partition coefficient (Wildman–Crippen LogP) is 5.92. The van der Waals surface area contributed by atoms with Crippen LogP contribution in [0.1, 0.15) is 49.5 Å². The molecule has 204 valence electrons. The van der Waals surface area contributed by atoms with E-state index in [9.17, 15) is 22.8 Å². The molecule has 0 radical (unpaired) electrons. The molecule has 2 aromatic carbocycles. The molecule has 1 amide bonds. The zero-order valence-electron chi connectivity index (χ0n) is 21.7. The quantitative estimate of drug-likeness (QED) is 0.380. The van der Waals surface area contributed by atoms with Gasteiger partial charge >= 0.3 is 12.3 Å². The van der Waals surface area contributed by atoms with E-state index in [0.717, 1.165) is 24.8 Å². The fourth-order valence-corrected chi connectivity index (χ4v) is 5.22. The first-order valence-electron chi connectivity index (χ1n) is 12.4. The monoisotopic (exact) mass is 532 g/mol. The van der Waals surface area contributed by atoms with Gasteiger partial charge in [0.2, 0.25) is 5.95 Å². The Morgan fingerprint density at radius 3 is 2.34 bits per heavy atom. The molecule has 0 saturated heterocycles. The molecule has 0 spiro atoms. The van der Waals surface area contributed by atoms with Gasteiger partial charge < -0.3 is 24.3 Å². The maximum atomic E-state index is 12.9. The van der Waals surface area contributed by atoms with Gasteiger partial charge in [0.1, 0.15) is 12.3 Å². The summed E-state index contributed by atoms with van der Waals surface area (Å²) >= 11 is 0. The number of amides is 1. The number of rotatable bonds is 7. The van der Waals surface area contributed by atoms with E-state index in [0.29, 0.717) is 34.6 Å². The molecule has 1 N–H and O–H groups in total. The largest absolute Gasteiger partial charge is 0.573 e. The van der Waals surface area contributed by atoms with Gasteiger partial charge in [-0.1, -0.05) is 13.8 Å². The molecule has 1 saturated carbocycles. The number of fused-ring (bicyclic) bond motifs is 1. The maximum Gasteiger partial charge on any atom is 0.573 e. The minimum absolute atomic E-state index is 0.151. The molecule has 1 aliphatic rings. The molecule has 1 heterocycles. The van der Waals surface area contributed by atoms with Crippen molar-refractivity contribution in [2.45, 2.75) is 45.5 Å². The first-order valence-corrected chi connectivity index (χ1v) is 12.4. The molecule has 0 bridgehead atoms. The number of ether oxygens (including phenoxy) is 2. The zero-order chi connectivity index (χ0) is 27.6. The van der Waals surface area contributed by atoms with Gasteiger partial charge in [-0.2, -0.15) is 0 Å². The Hall–Kier alpha value is -3.76. The number of hydrogen-bond acceptors (Lipinski definition) is 6. The number of imidazole rings is 1. The number of aromatic nitrogens is 2. The van der Waals surface area contributed by atoms with Crippen molar-refractivity contribution in [3.05, 3.63) is 48.0 Å². The highest BCUT2D eigenvalue weighted by Crippen LogP contribution is 2.40. The van der Waals surface area contributed by atoms with E-state index in [1.165, 1.54) is 43.3 Å². The zero-order valence-corrected chi connectivity index (χ0v) is 21.7. The van der Waals surface area contributed by atoms with Crippen molar-refractivity contribution >= 4 is 34.5 Å². The van der Waals surface area contributed by atoms with Crippen LogP contribution in [0.15, 0.2) is 42.5 Å². The lowest BCUT2D eigenvalue weighted by molar-refractivity contribution is -0.274. The topological polar surface area (TPSA) is 85.7 Å². The fraction of sp³-hybridized carbons (Fsp3) is 0.444. The van der Waals surface area contributed by atoms with Crippen molar-refractivity contribution in [1.82, 2.24) is 14.5 Å². The van der Waals surface area contributed by atoms with Crippen molar-refractivity contribution in [3.8, 4) is 5.75 Å². The second kappa shape index (κ2) is 10.9.